The molecule has 392 valence electrons. The lowest BCUT2D eigenvalue weighted by molar-refractivity contribution is -0.329. The fourth-order valence-electron chi connectivity index (χ4n) is 8.64. The Morgan fingerprint density at radius 3 is 1.61 bits per heavy atom. The first-order valence-electron chi connectivity index (χ1n) is 26.6. The molecule has 0 radical (unpaired) electrons. The van der Waals surface area contributed by atoms with Crippen LogP contribution in [0, 0.1) is 5.41 Å². The van der Waals surface area contributed by atoms with Gasteiger partial charge in [-0.25, -0.2) is 0 Å². The van der Waals surface area contributed by atoms with E-state index in [1.54, 1.807) is 19.9 Å². The number of esters is 1. The standard InChI is InChI=1S/C62H96O8/c1-12-13-14-15-16-17-18-19-20-21-22-23-24-40-56(64)69-55(62(10,11)70-60-59(67)58(66)57(65)54(46-63)68-60)44-42-51(6)38-29-36-49(4)35-27-33-47(2)31-25-26-32-48(3)34-28-37-50(5)41-43-53-52(7)39-30-45-61(53,8)9/h25-29,31-38,41-44,54-55,57-60,63,65-67H,12-24,30,39-40,45-46H2,1-11H3/b26-25+,33-27+,34-28+,36-29+,43-41+,44-42+,47-31+,48-32+,49-35+,50-37+,51-38+/t54-,55?,57-,58+,59-,60+/m1/s1. The largest absolute Gasteiger partial charge is 0.455 e. The van der Waals surface area contributed by atoms with Gasteiger partial charge in [-0.2, -0.15) is 0 Å². The van der Waals surface area contributed by atoms with Crippen LogP contribution in [0.5, 0.6) is 0 Å². The highest BCUT2D eigenvalue weighted by molar-refractivity contribution is 5.69. The highest BCUT2D eigenvalue weighted by Gasteiger charge is 2.47. The van der Waals surface area contributed by atoms with Gasteiger partial charge in [0.05, 0.1) is 6.61 Å². The highest BCUT2D eigenvalue weighted by Crippen LogP contribution is 2.41. The molecule has 0 spiro atoms. The van der Waals surface area contributed by atoms with Gasteiger partial charge in [-0.1, -0.05) is 228 Å². The molecule has 8 heteroatoms. The Balaban J connectivity index is 1.99. The molecule has 1 heterocycles. The summed E-state index contributed by atoms with van der Waals surface area (Å²) in [4.78, 5) is 13.2. The topological polar surface area (TPSA) is 126 Å². The zero-order chi connectivity index (χ0) is 52.0. The van der Waals surface area contributed by atoms with E-state index in [0.717, 1.165) is 36.0 Å². The van der Waals surface area contributed by atoms with Crippen molar-refractivity contribution in [2.75, 3.05) is 6.61 Å². The Morgan fingerprint density at radius 1 is 0.671 bits per heavy atom. The lowest BCUT2D eigenvalue weighted by Crippen LogP contribution is -2.61. The van der Waals surface area contributed by atoms with E-state index in [1.165, 1.54) is 106 Å². The normalized spacial score (nSPS) is 23.2. The highest BCUT2D eigenvalue weighted by atomic mass is 16.7. The van der Waals surface area contributed by atoms with Crippen molar-refractivity contribution in [3.63, 3.8) is 0 Å². The molecule has 1 aliphatic heterocycles. The van der Waals surface area contributed by atoms with E-state index < -0.39 is 49.0 Å². The molecule has 6 atom stereocenters. The number of unbranched alkanes of at least 4 members (excludes halogenated alkanes) is 12. The molecule has 0 aromatic carbocycles. The average molecular weight is 969 g/mol. The maximum Gasteiger partial charge on any atom is 0.306 e. The van der Waals surface area contributed by atoms with Crippen LogP contribution in [0.4, 0.5) is 0 Å². The Bertz CT molecular complexity index is 1920. The summed E-state index contributed by atoms with van der Waals surface area (Å²) in [5.41, 5.74) is 7.52. The zero-order valence-electron chi connectivity index (χ0n) is 45.4. The smallest absolute Gasteiger partial charge is 0.306 e. The van der Waals surface area contributed by atoms with Gasteiger partial charge in [0.2, 0.25) is 0 Å². The molecule has 0 aromatic rings. The van der Waals surface area contributed by atoms with Gasteiger partial charge in [-0.15, -0.1) is 0 Å². The number of aliphatic hydroxyl groups excluding tert-OH is 4. The minimum Gasteiger partial charge on any atom is -0.455 e. The van der Waals surface area contributed by atoms with E-state index in [-0.39, 0.29) is 17.8 Å². The van der Waals surface area contributed by atoms with E-state index in [1.807, 2.05) is 44.2 Å². The quantitative estimate of drug-likeness (QED) is 0.0308. The van der Waals surface area contributed by atoms with Crippen molar-refractivity contribution in [2.24, 2.45) is 5.41 Å². The predicted octanol–water partition coefficient (Wildman–Crippen LogP) is 14.6. The van der Waals surface area contributed by atoms with Crippen molar-refractivity contribution < 1.29 is 39.4 Å². The maximum atomic E-state index is 13.2. The number of carbonyl (C=O) groups excluding carboxylic acids is 1. The van der Waals surface area contributed by atoms with Crippen LogP contribution in [0.25, 0.3) is 0 Å². The second-order valence-electron chi connectivity index (χ2n) is 21.0. The van der Waals surface area contributed by atoms with Crippen LogP contribution in [0.1, 0.15) is 185 Å². The van der Waals surface area contributed by atoms with E-state index in [2.05, 4.69) is 115 Å². The first-order chi connectivity index (χ1) is 33.3. The lowest BCUT2D eigenvalue weighted by Gasteiger charge is -2.43. The van der Waals surface area contributed by atoms with Gasteiger partial charge < -0.3 is 34.6 Å². The molecule has 1 aliphatic carbocycles. The van der Waals surface area contributed by atoms with Crippen LogP contribution in [0.2, 0.25) is 0 Å². The third kappa shape index (κ3) is 25.5. The number of ether oxygens (including phenoxy) is 3. The predicted molar refractivity (Wildman–Crippen MR) is 293 cm³/mol. The van der Waals surface area contributed by atoms with Crippen LogP contribution in [0.15, 0.2) is 142 Å². The summed E-state index contributed by atoms with van der Waals surface area (Å²) in [5.74, 6) is -0.357. The Hall–Kier alpha value is -3.89. The summed E-state index contributed by atoms with van der Waals surface area (Å²) < 4.78 is 17.8. The number of allylic oxidation sites excluding steroid dienone is 23. The van der Waals surface area contributed by atoms with Crippen LogP contribution < -0.4 is 0 Å². The van der Waals surface area contributed by atoms with E-state index in [0.29, 0.717) is 0 Å². The molecular formula is C62H96O8. The van der Waals surface area contributed by atoms with Gasteiger partial charge >= 0.3 is 5.97 Å². The van der Waals surface area contributed by atoms with Crippen molar-refractivity contribution in [3.8, 4) is 0 Å². The van der Waals surface area contributed by atoms with Crippen LogP contribution in [0.3, 0.4) is 0 Å². The summed E-state index contributed by atoms with van der Waals surface area (Å²) in [6, 6.07) is 0. The molecule has 70 heavy (non-hydrogen) atoms. The number of hydrogen-bond donors (Lipinski definition) is 4. The summed E-state index contributed by atoms with van der Waals surface area (Å²) in [6.45, 7) is 22.4. The van der Waals surface area contributed by atoms with Gasteiger partial charge in [0, 0.05) is 6.42 Å². The molecule has 2 aliphatic rings. The molecule has 0 amide bonds. The van der Waals surface area contributed by atoms with Crippen molar-refractivity contribution in [3.05, 3.63) is 142 Å². The van der Waals surface area contributed by atoms with Crippen molar-refractivity contribution >= 4 is 5.97 Å². The number of rotatable bonds is 31. The molecule has 2 rings (SSSR count). The van der Waals surface area contributed by atoms with E-state index in [9.17, 15) is 25.2 Å². The maximum absolute atomic E-state index is 13.2. The third-order valence-electron chi connectivity index (χ3n) is 13.3. The van der Waals surface area contributed by atoms with Crippen LogP contribution in [-0.2, 0) is 19.0 Å². The van der Waals surface area contributed by atoms with Crippen LogP contribution >= 0.6 is 0 Å². The number of hydrogen-bond acceptors (Lipinski definition) is 8. The van der Waals surface area contributed by atoms with Gasteiger partial charge in [0.1, 0.15) is 36.1 Å². The molecule has 0 bridgehead atoms. The second kappa shape index (κ2) is 34.5. The van der Waals surface area contributed by atoms with E-state index in [4.69, 9.17) is 14.2 Å². The van der Waals surface area contributed by atoms with Gasteiger partial charge in [0.15, 0.2) is 6.29 Å². The lowest BCUT2D eigenvalue weighted by atomic mass is 9.72. The summed E-state index contributed by atoms with van der Waals surface area (Å²) in [7, 11) is 0. The number of carbonyl (C=O) groups is 1. The first-order valence-corrected chi connectivity index (χ1v) is 26.6. The molecule has 0 saturated carbocycles. The first kappa shape index (κ1) is 62.2. The van der Waals surface area contributed by atoms with Gasteiger partial charge in [-0.05, 0) is 98.1 Å². The molecule has 0 aromatic heterocycles. The summed E-state index contributed by atoms with van der Waals surface area (Å²) in [5, 5.41) is 41.1. The third-order valence-corrected chi connectivity index (χ3v) is 13.3. The average Bonchev–Trinajstić information content (AvgIpc) is 3.30. The monoisotopic (exact) mass is 969 g/mol. The minimum atomic E-state index is -1.59. The zero-order valence-corrected chi connectivity index (χ0v) is 45.4. The van der Waals surface area contributed by atoms with Crippen molar-refractivity contribution in [1.82, 2.24) is 0 Å². The second-order valence-corrected chi connectivity index (χ2v) is 21.0. The van der Waals surface area contributed by atoms with E-state index >= 15 is 0 Å². The van der Waals surface area contributed by atoms with Gasteiger partial charge in [0.25, 0.3) is 0 Å². The van der Waals surface area contributed by atoms with Crippen molar-refractivity contribution in [2.45, 2.75) is 228 Å². The fraction of sp³-hybridized carbons (Fsp3) is 0.597. The molecular weight excluding hydrogens is 873 g/mol. The molecule has 1 unspecified atom stereocenters. The molecule has 4 N–H and O–H groups in total. The minimum absolute atomic E-state index is 0.249. The number of aliphatic hydroxyl groups is 4. The van der Waals surface area contributed by atoms with Gasteiger partial charge in [-0.3, -0.25) is 4.79 Å². The summed E-state index contributed by atoms with van der Waals surface area (Å²) >= 11 is 0. The van der Waals surface area contributed by atoms with Crippen molar-refractivity contribution in [1.29, 1.82) is 0 Å². The Labute approximate surface area is 425 Å². The molecule has 1 saturated heterocycles. The fourth-order valence-corrected chi connectivity index (χ4v) is 8.64. The molecule has 8 nitrogen and oxygen atoms in total. The van der Waals surface area contributed by atoms with Crippen LogP contribution in [-0.4, -0.2) is 75.4 Å². The Morgan fingerprint density at radius 2 is 1.13 bits per heavy atom. The summed E-state index contributed by atoms with van der Waals surface area (Å²) in [6.07, 6.45) is 46.6. The Kier molecular flexibility index (Phi) is 30.6. The molecule has 1 fully saturated rings. The SMILES string of the molecule is CCCCCCCCCCCCCCCC(=O)OC(/C=C/C(C)=C/C=C/C(C)=C/C=C/C(C)=C/C=C/C=C(C)/C=C/C=C(C)/C=C/C1=C(C)CCCC1(C)C)C(C)(C)O[C@@H]1O[C@H](CO)[C@@H](O)[C@H](O)[C@H]1O.